The SMILES string of the molecule is C/C=C\c1ccccc1OC(=O)Nc1cc2c(cc1S(=O)(=O)O)-c1cc(S(=O)(=O)O)c(NC(=O)Oc3ccccc3/C=C\C)cc1S2(=O)=O. The van der Waals surface area contributed by atoms with E-state index in [-0.39, 0.29) is 22.6 Å². The maximum atomic E-state index is 13.8. The number of fused-ring (bicyclic) bond motifs is 3. The molecule has 0 aromatic heterocycles. The number of amides is 2. The highest BCUT2D eigenvalue weighted by Gasteiger charge is 2.38. The number of rotatable bonds is 8. The van der Waals surface area contributed by atoms with E-state index in [1.807, 2.05) is 0 Å². The van der Waals surface area contributed by atoms with E-state index < -0.39 is 73.2 Å². The van der Waals surface area contributed by atoms with Gasteiger partial charge < -0.3 is 9.47 Å². The van der Waals surface area contributed by atoms with Gasteiger partial charge in [0, 0.05) is 22.3 Å². The Labute approximate surface area is 281 Å². The molecule has 0 saturated heterocycles. The van der Waals surface area contributed by atoms with Crippen molar-refractivity contribution in [3.05, 3.63) is 96.1 Å². The van der Waals surface area contributed by atoms with Gasteiger partial charge in [-0.05, 0) is 50.2 Å². The molecule has 17 heteroatoms. The molecule has 0 radical (unpaired) electrons. The molecule has 0 bridgehead atoms. The highest BCUT2D eigenvalue weighted by molar-refractivity contribution is 7.92. The van der Waals surface area contributed by atoms with Crippen LogP contribution in [0, 0.1) is 0 Å². The second kappa shape index (κ2) is 13.3. The average Bonchev–Trinajstić information content (AvgIpc) is 3.22. The van der Waals surface area contributed by atoms with Crippen molar-refractivity contribution in [3.63, 3.8) is 0 Å². The number of sulfone groups is 1. The van der Waals surface area contributed by atoms with Crippen molar-refractivity contribution in [3.8, 4) is 22.6 Å². The summed E-state index contributed by atoms with van der Waals surface area (Å²) in [5.41, 5.74) is -1.15. The Hall–Kier alpha value is -5.33. The molecule has 0 saturated carbocycles. The van der Waals surface area contributed by atoms with Crippen LogP contribution in [0.4, 0.5) is 21.0 Å². The Morgan fingerprint density at radius 1 is 0.653 bits per heavy atom. The van der Waals surface area contributed by atoms with Gasteiger partial charge in [-0.25, -0.2) is 18.0 Å². The Bertz CT molecular complexity index is 2260. The second-order valence-corrected chi connectivity index (χ2v) is 14.9. The normalized spacial score (nSPS) is 13.6. The van der Waals surface area contributed by atoms with Crippen LogP contribution in [0.5, 0.6) is 11.5 Å². The molecule has 0 aliphatic carbocycles. The number of hydrogen-bond acceptors (Lipinski definition) is 10. The molecule has 0 fully saturated rings. The van der Waals surface area contributed by atoms with Crippen LogP contribution in [-0.4, -0.2) is 46.5 Å². The van der Waals surface area contributed by atoms with Gasteiger partial charge in [-0.1, -0.05) is 60.7 Å². The van der Waals surface area contributed by atoms with E-state index in [9.17, 15) is 43.9 Å². The molecule has 0 atom stereocenters. The third-order valence-corrected chi connectivity index (χ3v) is 10.6. The molecule has 1 heterocycles. The maximum Gasteiger partial charge on any atom is 0.417 e. The van der Waals surface area contributed by atoms with Crippen molar-refractivity contribution in [1.29, 1.82) is 0 Å². The Kier molecular flexibility index (Phi) is 9.49. The van der Waals surface area contributed by atoms with Crippen LogP contribution in [0.3, 0.4) is 0 Å². The molecule has 49 heavy (non-hydrogen) atoms. The predicted octanol–water partition coefficient (Wildman–Crippen LogP) is 6.28. The minimum atomic E-state index is -5.15. The minimum absolute atomic E-state index is 0.0781. The number of carbonyl (C=O) groups is 2. The highest BCUT2D eigenvalue weighted by Crippen LogP contribution is 2.48. The fourth-order valence-electron chi connectivity index (χ4n) is 4.98. The number of anilines is 2. The largest absolute Gasteiger partial charge is 0.417 e. The smallest absolute Gasteiger partial charge is 0.409 e. The standard InChI is InChI=1S/C32H26N2O12S3/c1-3-9-19-11-5-7-13-25(19)45-31(35)33-23-17-27-21(15-29(23)48(39,40)41)22-16-30(49(42,43)44)24(18-28(22)47(27,37)38)34-32(36)46-26-14-8-6-12-20(26)10-4-2/h3-18H,1-2H3,(H,33,35)(H,34,36)(H,39,40,41)(H,42,43,44)/b9-3-,10-4-. The zero-order valence-corrected chi connectivity index (χ0v) is 27.9. The monoisotopic (exact) mass is 726 g/mol. The van der Waals surface area contributed by atoms with Crippen molar-refractivity contribution in [2.75, 3.05) is 10.6 Å². The molecule has 2 amide bonds. The van der Waals surface area contributed by atoms with E-state index >= 15 is 0 Å². The van der Waals surface area contributed by atoms with E-state index in [0.717, 1.165) is 12.1 Å². The maximum absolute atomic E-state index is 13.8. The van der Waals surface area contributed by atoms with Crippen molar-refractivity contribution < 1.29 is 53.4 Å². The molecular weight excluding hydrogens is 701 g/mol. The second-order valence-electron chi connectivity index (χ2n) is 10.2. The fourth-order valence-corrected chi connectivity index (χ4v) is 7.99. The zero-order chi connectivity index (χ0) is 35.7. The third kappa shape index (κ3) is 7.25. The number of benzene rings is 4. The minimum Gasteiger partial charge on any atom is -0.409 e. The van der Waals surface area contributed by atoms with Gasteiger partial charge in [-0.15, -0.1) is 0 Å². The van der Waals surface area contributed by atoms with Gasteiger partial charge in [0.25, 0.3) is 20.2 Å². The molecule has 254 valence electrons. The van der Waals surface area contributed by atoms with Crippen LogP contribution in [0.1, 0.15) is 25.0 Å². The summed E-state index contributed by atoms with van der Waals surface area (Å²) in [6.45, 7) is 3.46. The first-order chi connectivity index (χ1) is 23.0. The highest BCUT2D eigenvalue weighted by atomic mass is 32.2. The molecule has 4 aromatic carbocycles. The van der Waals surface area contributed by atoms with E-state index in [0.29, 0.717) is 23.3 Å². The van der Waals surface area contributed by atoms with Crippen molar-refractivity contribution >= 4 is 65.8 Å². The fraction of sp³-hybridized carbons (Fsp3) is 0.0625. The molecule has 4 aromatic rings. The number of ether oxygens (including phenoxy) is 2. The van der Waals surface area contributed by atoms with Crippen molar-refractivity contribution in [2.45, 2.75) is 33.4 Å². The molecule has 1 aliphatic heterocycles. The molecule has 4 N–H and O–H groups in total. The van der Waals surface area contributed by atoms with Crippen LogP contribution >= 0.6 is 0 Å². The lowest BCUT2D eigenvalue weighted by Crippen LogP contribution is -2.19. The molecule has 14 nitrogen and oxygen atoms in total. The summed E-state index contributed by atoms with van der Waals surface area (Å²) in [5.74, 6) is 0.156. The van der Waals surface area contributed by atoms with Crippen LogP contribution in [0.15, 0.2) is 105 Å². The molecule has 5 rings (SSSR count). The van der Waals surface area contributed by atoms with Crippen molar-refractivity contribution in [1.82, 2.24) is 0 Å². The summed E-state index contributed by atoms with van der Waals surface area (Å²) >= 11 is 0. The van der Waals surface area contributed by atoms with E-state index in [4.69, 9.17) is 9.47 Å². The third-order valence-electron chi connectivity index (χ3n) is 7.00. The summed E-state index contributed by atoms with van der Waals surface area (Å²) in [4.78, 5) is 22.6. The summed E-state index contributed by atoms with van der Waals surface area (Å²) < 4.78 is 108. The lowest BCUT2D eigenvalue weighted by atomic mass is 10.0. The lowest BCUT2D eigenvalue weighted by molar-refractivity contribution is 0.214. The number of carbonyl (C=O) groups excluding carboxylic acids is 2. The van der Waals surface area contributed by atoms with E-state index in [1.165, 1.54) is 12.1 Å². The average molecular weight is 727 g/mol. The van der Waals surface area contributed by atoms with E-state index in [2.05, 4.69) is 10.6 Å². The van der Waals surface area contributed by atoms with Crippen LogP contribution < -0.4 is 20.1 Å². The van der Waals surface area contributed by atoms with Gasteiger partial charge in [0.2, 0.25) is 9.84 Å². The Morgan fingerprint density at radius 2 is 1.02 bits per heavy atom. The first-order valence-corrected chi connectivity index (χ1v) is 18.4. The quantitative estimate of drug-likeness (QED) is 0.130. The molecule has 0 spiro atoms. The van der Waals surface area contributed by atoms with Gasteiger partial charge in [0.05, 0.1) is 21.2 Å². The summed E-state index contributed by atoms with van der Waals surface area (Å²) in [5, 5.41) is 4.27. The summed E-state index contributed by atoms with van der Waals surface area (Å²) in [6, 6.07) is 15.6. The van der Waals surface area contributed by atoms with Crippen LogP contribution in [0.2, 0.25) is 0 Å². The van der Waals surface area contributed by atoms with Gasteiger partial charge in [-0.3, -0.25) is 19.7 Å². The summed E-state index contributed by atoms with van der Waals surface area (Å²) in [6.07, 6.45) is 4.17. The van der Waals surface area contributed by atoms with Gasteiger partial charge in [0.15, 0.2) is 0 Å². The lowest BCUT2D eigenvalue weighted by Gasteiger charge is -2.13. The first kappa shape index (κ1) is 35.0. The number of allylic oxidation sites excluding steroid dienone is 2. The molecule has 0 unspecified atom stereocenters. The van der Waals surface area contributed by atoms with Gasteiger partial charge >= 0.3 is 12.2 Å². The zero-order valence-electron chi connectivity index (χ0n) is 25.4. The predicted molar refractivity (Wildman–Crippen MR) is 179 cm³/mol. The van der Waals surface area contributed by atoms with E-state index in [1.54, 1.807) is 74.5 Å². The van der Waals surface area contributed by atoms with Gasteiger partial charge in [-0.2, -0.15) is 16.8 Å². The number of nitrogens with one attached hydrogen (secondary N) is 2. The molecule has 1 aliphatic rings. The number of para-hydroxylation sites is 2. The van der Waals surface area contributed by atoms with Crippen LogP contribution in [0.25, 0.3) is 23.3 Å². The summed E-state index contributed by atoms with van der Waals surface area (Å²) in [7, 11) is -14.9. The topological polar surface area (TPSA) is 220 Å². The van der Waals surface area contributed by atoms with Gasteiger partial charge in [0.1, 0.15) is 21.3 Å². The number of hydrogen-bond donors (Lipinski definition) is 4. The Morgan fingerprint density at radius 3 is 1.37 bits per heavy atom. The Balaban J connectivity index is 1.57. The molecular formula is C32H26N2O12S3. The first-order valence-electron chi connectivity index (χ1n) is 14.0. The van der Waals surface area contributed by atoms with Crippen molar-refractivity contribution in [2.24, 2.45) is 0 Å². The van der Waals surface area contributed by atoms with Crippen LogP contribution in [-0.2, 0) is 30.1 Å².